The number of nitrogens with zero attached hydrogens (tertiary/aromatic N) is 1. The molecule has 0 aliphatic carbocycles. The normalized spacial score (nSPS) is 11.8. The lowest BCUT2D eigenvalue weighted by molar-refractivity contribution is 0.590. The second-order valence-electron chi connectivity index (χ2n) is 7.95. The maximum atomic E-state index is 3.42. The van der Waals surface area contributed by atoms with Gasteiger partial charge in [0.25, 0.3) is 0 Å². The van der Waals surface area contributed by atoms with Gasteiger partial charge in [-0.2, -0.15) is 0 Å². The van der Waals surface area contributed by atoms with E-state index in [0.717, 1.165) is 6.54 Å². The van der Waals surface area contributed by atoms with Crippen molar-refractivity contribution in [3.05, 3.63) is 96.2 Å². The summed E-state index contributed by atoms with van der Waals surface area (Å²) in [6.45, 7) is 7.62. The van der Waals surface area contributed by atoms with Gasteiger partial charge in [-0.3, -0.25) is 0 Å². The fourth-order valence-corrected chi connectivity index (χ4v) is 3.37. The van der Waals surface area contributed by atoms with Crippen LogP contribution in [0.1, 0.15) is 31.9 Å². The summed E-state index contributed by atoms with van der Waals surface area (Å²) in [6.07, 6.45) is 2.06. The topological polar surface area (TPSA) is 4.93 Å². The van der Waals surface area contributed by atoms with Gasteiger partial charge in [0.2, 0.25) is 0 Å². The maximum absolute atomic E-state index is 3.42. The van der Waals surface area contributed by atoms with Crippen LogP contribution in [-0.2, 0) is 12.0 Å². The van der Waals surface area contributed by atoms with E-state index in [9.17, 15) is 0 Å². The molecule has 1 heteroatoms. The van der Waals surface area contributed by atoms with Crippen LogP contribution in [0.2, 0.25) is 0 Å². The van der Waals surface area contributed by atoms with Gasteiger partial charge in [-0.1, -0.05) is 81.4 Å². The number of hydrogen-bond donors (Lipinski definition) is 0. The zero-order chi connectivity index (χ0) is 18.1. The molecule has 0 atom stereocenters. The third-order valence-electron chi connectivity index (χ3n) is 4.96. The first-order valence-corrected chi connectivity index (χ1v) is 9.16. The highest BCUT2D eigenvalue weighted by atomic mass is 14.9. The predicted octanol–water partition coefficient (Wildman–Crippen LogP) is 6.45. The van der Waals surface area contributed by atoms with E-state index in [1.54, 1.807) is 0 Å². The number of benzene rings is 3. The third kappa shape index (κ3) is 3.30. The van der Waals surface area contributed by atoms with Crippen molar-refractivity contribution < 1.29 is 0 Å². The molecule has 0 saturated heterocycles. The molecule has 0 aliphatic heterocycles. The summed E-state index contributed by atoms with van der Waals surface area (Å²) in [4.78, 5) is 0. The molecule has 0 saturated carbocycles. The molecule has 0 amide bonds. The van der Waals surface area contributed by atoms with E-state index >= 15 is 0 Å². The van der Waals surface area contributed by atoms with Gasteiger partial charge in [0.15, 0.2) is 0 Å². The Hall–Kier alpha value is -2.80. The van der Waals surface area contributed by atoms with Gasteiger partial charge in [-0.05, 0) is 39.8 Å². The number of fused-ring (bicyclic) bond motifs is 1. The average Bonchev–Trinajstić information content (AvgIpc) is 3.04. The molecule has 3 aromatic carbocycles. The van der Waals surface area contributed by atoms with Crippen LogP contribution in [0, 0.1) is 6.07 Å². The van der Waals surface area contributed by atoms with Crippen molar-refractivity contribution in [3.63, 3.8) is 0 Å². The number of aromatic nitrogens is 1. The van der Waals surface area contributed by atoms with Crippen LogP contribution in [0.15, 0.2) is 79.0 Å². The standard InChI is InChI=1S/C25H24N/c1-25(2,3)23-12-9-20(10-13-23)21-11-14-24-22(17-21)15-16-26(24)18-19-7-5-4-6-8-19/h4-14,16-17H,18H2,1-3H3. The van der Waals surface area contributed by atoms with Crippen LogP contribution >= 0.6 is 0 Å². The van der Waals surface area contributed by atoms with Gasteiger partial charge in [0.1, 0.15) is 0 Å². The van der Waals surface area contributed by atoms with E-state index in [1.165, 1.54) is 33.2 Å². The minimum atomic E-state index is 0.185. The second kappa shape index (κ2) is 6.49. The van der Waals surface area contributed by atoms with Crippen LogP contribution in [0.5, 0.6) is 0 Å². The molecule has 1 heterocycles. The first-order valence-electron chi connectivity index (χ1n) is 9.16. The molecular weight excluding hydrogens is 314 g/mol. The van der Waals surface area contributed by atoms with Crippen LogP contribution in [0.4, 0.5) is 0 Å². The van der Waals surface area contributed by atoms with E-state index < -0.39 is 0 Å². The summed E-state index contributed by atoms with van der Waals surface area (Å²) in [5.41, 5.74) is 6.58. The zero-order valence-electron chi connectivity index (χ0n) is 15.7. The Kier molecular flexibility index (Phi) is 4.16. The van der Waals surface area contributed by atoms with Crippen molar-refractivity contribution in [2.45, 2.75) is 32.7 Å². The average molecular weight is 338 g/mol. The molecule has 1 radical (unpaired) electrons. The van der Waals surface area contributed by atoms with Gasteiger partial charge in [-0.15, -0.1) is 0 Å². The van der Waals surface area contributed by atoms with Gasteiger partial charge in [0.05, 0.1) is 0 Å². The highest BCUT2D eigenvalue weighted by Crippen LogP contribution is 2.28. The Labute approximate surface area is 155 Å². The van der Waals surface area contributed by atoms with Crippen LogP contribution in [0.3, 0.4) is 0 Å². The fraction of sp³-hybridized carbons (Fsp3) is 0.200. The molecule has 4 aromatic rings. The number of hydrogen-bond acceptors (Lipinski definition) is 0. The van der Waals surface area contributed by atoms with Crippen molar-refractivity contribution >= 4 is 10.9 Å². The molecule has 129 valence electrons. The SMILES string of the molecule is CC(C)(C)c1ccc(-c2ccc3c([c]cn3Cc3ccccc3)c2)cc1. The summed E-state index contributed by atoms with van der Waals surface area (Å²) >= 11 is 0. The monoisotopic (exact) mass is 338 g/mol. The van der Waals surface area contributed by atoms with E-state index in [4.69, 9.17) is 0 Å². The Bertz CT molecular complexity index is 1020. The quantitative estimate of drug-likeness (QED) is 0.404. The maximum Gasteiger partial charge on any atom is 0.0490 e. The first-order chi connectivity index (χ1) is 12.5. The number of rotatable bonds is 3. The van der Waals surface area contributed by atoms with Crippen LogP contribution < -0.4 is 0 Å². The van der Waals surface area contributed by atoms with E-state index in [2.05, 4.69) is 110 Å². The van der Waals surface area contributed by atoms with Gasteiger partial charge in [0, 0.05) is 29.7 Å². The van der Waals surface area contributed by atoms with Crippen molar-refractivity contribution in [1.29, 1.82) is 0 Å². The van der Waals surface area contributed by atoms with Crippen molar-refractivity contribution in [2.75, 3.05) is 0 Å². The molecule has 0 aliphatic rings. The van der Waals surface area contributed by atoms with Crippen molar-refractivity contribution in [1.82, 2.24) is 4.57 Å². The minimum absolute atomic E-state index is 0.185. The van der Waals surface area contributed by atoms with Gasteiger partial charge in [-0.25, -0.2) is 0 Å². The molecule has 0 N–H and O–H groups in total. The highest BCUT2D eigenvalue weighted by Gasteiger charge is 2.13. The Morgan fingerprint density at radius 3 is 2.19 bits per heavy atom. The van der Waals surface area contributed by atoms with E-state index in [-0.39, 0.29) is 5.41 Å². The van der Waals surface area contributed by atoms with Crippen molar-refractivity contribution in [2.24, 2.45) is 0 Å². The first kappa shape index (κ1) is 16.7. The van der Waals surface area contributed by atoms with Crippen molar-refractivity contribution in [3.8, 4) is 11.1 Å². The summed E-state index contributed by atoms with van der Waals surface area (Å²) < 4.78 is 2.26. The summed E-state index contributed by atoms with van der Waals surface area (Å²) in [5, 5.41) is 1.17. The van der Waals surface area contributed by atoms with Crippen LogP contribution in [-0.4, -0.2) is 4.57 Å². The predicted molar refractivity (Wildman–Crippen MR) is 110 cm³/mol. The molecule has 1 nitrogen and oxygen atoms in total. The van der Waals surface area contributed by atoms with E-state index in [1.807, 2.05) is 0 Å². The fourth-order valence-electron chi connectivity index (χ4n) is 3.37. The molecule has 4 rings (SSSR count). The molecular formula is C25H24N. The molecule has 0 unspecified atom stereocenters. The molecule has 0 spiro atoms. The molecule has 26 heavy (non-hydrogen) atoms. The minimum Gasteiger partial charge on any atom is -0.342 e. The summed E-state index contributed by atoms with van der Waals surface area (Å²) in [5.74, 6) is 0. The third-order valence-corrected chi connectivity index (χ3v) is 4.96. The Balaban J connectivity index is 1.64. The lowest BCUT2D eigenvalue weighted by Gasteiger charge is -2.19. The smallest absolute Gasteiger partial charge is 0.0490 e. The van der Waals surface area contributed by atoms with E-state index in [0.29, 0.717) is 0 Å². The molecule has 0 fully saturated rings. The van der Waals surface area contributed by atoms with Gasteiger partial charge >= 0.3 is 0 Å². The van der Waals surface area contributed by atoms with Crippen LogP contribution in [0.25, 0.3) is 22.0 Å². The lowest BCUT2D eigenvalue weighted by atomic mass is 9.86. The molecule has 0 bridgehead atoms. The highest BCUT2D eigenvalue weighted by molar-refractivity contribution is 5.85. The largest absolute Gasteiger partial charge is 0.342 e. The lowest BCUT2D eigenvalue weighted by Crippen LogP contribution is -2.10. The zero-order valence-corrected chi connectivity index (χ0v) is 15.7. The Morgan fingerprint density at radius 2 is 1.50 bits per heavy atom. The second-order valence-corrected chi connectivity index (χ2v) is 7.95. The molecule has 1 aromatic heterocycles. The summed E-state index contributed by atoms with van der Waals surface area (Å²) in [7, 11) is 0. The van der Waals surface area contributed by atoms with Gasteiger partial charge < -0.3 is 4.57 Å². The summed E-state index contributed by atoms with van der Waals surface area (Å²) in [6, 6.07) is 29.6. The Morgan fingerprint density at radius 1 is 0.808 bits per heavy atom.